The van der Waals surface area contributed by atoms with Crippen LogP contribution in [0, 0.1) is 0 Å². The minimum Gasteiger partial charge on any atom is -0.462 e. The normalized spacial score (nSPS) is 12.0. The lowest BCUT2D eigenvalue weighted by molar-refractivity contribution is 0.0925. The maximum Gasteiger partial charge on any atom is 0.271 e. The second-order valence-electron chi connectivity index (χ2n) is 4.96. The molecule has 1 aromatic carbocycles. The molecule has 1 atom stereocenters. The molecule has 0 radical (unpaired) electrons. The van der Waals surface area contributed by atoms with Crippen molar-refractivity contribution in [2.75, 3.05) is 6.61 Å². The summed E-state index contributed by atoms with van der Waals surface area (Å²) < 4.78 is 5.28. The highest BCUT2D eigenvalue weighted by Crippen LogP contribution is 2.24. The van der Waals surface area contributed by atoms with Crippen LogP contribution in [0.1, 0.15) is 28.5 Å². The molecule has 3 aromatic rings. The number of thiazole rings is 1. The zero-order chi connectivity index (χ0) is 16.1. The fourth-order valence-corrected chi connectivity index (χ4v) is 3.03. The van der Waals surface area contributed by atoms with Crippen molar-refractivity contribution in [2.45, 2.75) is 12.5 Å². The number of carbonyl (C=O) groups excluding carboxylic acids is 1. The summed E-state index contributed by atoms with van der Waals surface area (Å²) in [5.41, 5.74) is 1.30. The molecule has 0 saturated heterocycles. The first-order valence-corrected chi connectivity index (χ1v) is 8.12. The van der Waals surface area contributed by atoms with Crippen molar-refractivity contribution in [3.8, 4) is 10.8 Å². The summed E-state index contributed by atoms with van der Waals surface area (Å²) in [5.74, 6) is 0.380. The van der Waals surface area contributed by atoms with Gasteiger partial charge >= 0.3 is 0 Å². The molecule has 23 heavy (non-hydrogen) atoms. The van der Waals surface area contributed by atoms with Gasteiger partial charge in [0, 0.05) is 12.0 Å². The topological polar surface area (TPSA) is 75.4 Å². The van der Waals surface area contributed by atoms with E-state index in [0.717, 1.165) is 5.56 Å². The lowest BCUT2D eigenvalue weighted by atomic mass is 10.0. The molecule has 1 amide bonds. The number of carbonyl (C=O) groups is 1. The summed E-state index contributed by atoms with van der Waals surface area (Å²) in [4.78, 5) is 16.7. The SMILES string of the molecule is O=C(NC(CCO)c1ccccc1)c1csc(-c2ccco2)n1. The predicted octanol–water partition coefficient (Wildman–Crippen LogP) is 3.26. The Morgan fingerprint density at radius 3 is 2.78 bits per heavy atom. The van der Waals surface area contributed by atoms with Crippen LogP contribution in [0.3, 0.4) is 0 Å². The van der Waals surface area contributed by atoms with E-state index in [0.29, 0.717) is 22.9 Å². The standard InChI is InChI=1S/C17H16N2O3S/c20-9-8-13(12-5-2-1-3-6-12)18-16(21)14-11-23-17(19-14)15-7-4-10-22-15/h1-7,10-11,13,20H,8-9H2,(H,18,21). The van der Waals surface area contributed by atoms with Gasteiger partial charge < -0.3 is 14.8 Å². The van der Waals surface area contributed by atoms with E-state index in [1.54, 1.807) is 23.8 Å². The van der Waals surface area contributed by atoms with Gasteiger partial charge in [0.25, 0.3) is 5.91 Å². The molecule has 2 heterocycles. The number of nitrogens with one attached hydrogen (secondary N) is 1. The van der Waals surface area contributed by atoms with Gasteiger partial charge in [-0.1, -0.05) is 30.3 Å². The van der Waals surface area contributed by atoms with E-state index < -0.39 is 0 Å². The minimum atomic E-state index is -0.263. The van der Waals surface area contributed by atoms with Crippen LogP contribution in [0.25, 0.3) is 10.8 Å². The molecule has 6 heteroatoms. The summed E-state index contributed by atoms with van der Waals surface area (Å²) in [5, 5.41) is 14.5. The van der Waals surface area contributed by atoms with E-state index in [1.807, 2.05) is 30.3 Å². The van der Waals surface area contributed by atoms with Crippen LogP contribution >= 0.6 is 11.3 Å². The van der Waals surface area contributed by atoms with Gasteiger partial charge in [0.1, 0.15) is 5.69 Å². The van der Waals surface area contributed by atoms with Crippen LogP contribution in [0.5, 0.6) is 0 Å². The van der Waals surface area contributed by atoms with Crippen molar-refractivity contribution in [3.63, 3.8) is 0 Å². The smallest absolute Gasteiger partial charge is 0.271 e. The molecule has 2 aromatic heterocycles. The highest BCUT2D eigenvalue weighted by molar-refractivity contribution is 7.13. The van der Waals surface area contributed by atoms with E-state index in [1.165, 1.54) is 11.3 Å². The summed E-state index contributed by atoms with van der Waals surface area (Å²) in [6.07, 6.45) is 2.02. The molecule has 0 fully saturated rings. The van der Waals surface area contributed by atoms with Gasteiger partial charge in [-0.25, -0.2) is 4.98 Å². The summed E-state index contributed by atoms with van der Waals surface area (Å²) >= 11 is 1.36. The quantitative estimate of drug-likeness (QED) is 0.728. The molecular weight excluding hydrogens is 312 g/mol. The Hall–Kier alpha value is -2.44. The Balaban J connectivity index is 1.74. The second-order valence-corrected chi connectivity index (χ2v) is 5.82. The van der Waals surface area contributed by atoms with Crippen molar-refractivity contribution in [3.05, 3.63) is 65.4 Å². The number of hydrogen-bond donors (Lipinski definition) is 2. The number of amides is 1. The number of rotatable bonds is 6. The summed E-state index contributed by atoms with van der Waals surface area (Å²) in [7, 11) is 0. The number of benzene rings is 1. The van der Waals surface area contributed by atoms with Gasteiger partial charge in [-0.3, -0.25) is 4.79 Å². The fourth-order valence-electron chi connectivity index (χ4n) is 2.26. The molecule has 1 unspecified atom stereocenters. The Morgan fingerprint density at radius 1 is 1.26 bits per heavy atom. The van der Waals surface area contributed by atoms with E-state index >= 15 is 0 Å². The number of furan rings is 1. The largest absolute Gasteiger partial charge is 0.462 e. The number of aliphatic hydroxyl groups excluding tert-OH is 1. The molecule has 0 saturated carbocycles. The van der Waals surface area contributed by atoms with Crippen molar-refractivity contribution in [1.29, 1.82) is 0 Å². The van der Waals surface area contributed by atoms with Crippen molar-refractivity contribution < 1.29 is 14.3 Å². The van der Waals surface area contributed by atoms with Crippen LogP contribution in [-0.4, -0.2) is 22.6 Å². The molecule has 2 N–H and O–H groups in total. The molecule has 5 nitrogen and oxygen atoms in total. The lowest BCUT2D eigenvalue weighted by Crippen LogP contribution is -2.29. The second kappa shape index (κ2) is 7.21. The monoisotopic (exact) mass is 328 g/mol. The van der Waals surface area contributed by atoms with E-state index in [2.05, 4.69) is 10.3 Å². The predicted molar refractivity (Wildman–Crippen MR) is 88.2 cm³/mol. The fraction of sp³-hybridized carbons (Fsp3) is 0.176. The van der Waals surface area contributed by atoms with Crippen LogP contribution in [-0.2, 0) is 0 Å². The minimum absolute atomic E-state index is 0.00540. The van der Waals surface area contributed by atoms with Crippen molar-refractivity contribution >= 4 is 17.2 Å². The van der Waals surface area contributed by atoms with Gasteiger partial charge in [0.2, 0.25) is 0 Å². The highest BCUT2D eigenvalue weighted by atomic mass is 32.1. The lowest BCUT2D eigenvalue weighted by Gasteiger charge is -2.17. The average Bonchev–Trinajstić information content (AvgIpc) is 3.26. The first-order valence-electron chi connectivity index (χ1n) is 7.24. The molecule has 0 aliphatic heterocycles. The summed E-state index contributed by atoms with van der Waals surface area (Å²) in [6.45, 7) is -0.00540. The number of aromatic nitrogens is 1. The van der Waals surface area contributed by atoms with Crippen LogP contribution < -0.4 is 5.32 Å². The molecule has 0 spiro atoms. The zero-order valence-corrected chi connectivity index (χ0v) is 13.1. The van der Waals surface area contributed by atoms with E-state index in [4.69, 9.17) is 4.42 Å². The number of hydrogen-bond acceptors (Lipinski definition) is 5. The van der Waals surface area contributed by atoms with Gasteiger partial charge in [0.05, 0.1) is 12.3 Å². The van der Waals surface area contributed by atoms with Gasteiger partial charge in [-0.2, -0.15) is 0 Å². The maximum absolute atomic E-state index is 12.4. The van der Waals surface area contributed by atoms with Gasteiger partial charge in [0.15, 0.2) is 10.8 Å². The number of aliphatic hydroxyl groups is 1. The molecule has 118 valence electrons. The van der Waals surface area contributed by atoms with Crippen LogP contribution in [0.2, 0.25) is 0 Å². The molecule has 0 bridgehead atoms. The Kier molecular flexibility index (Phi) is 4.85. The average molecular weight is 328 g/mol. The van der Waals surface area contributed by atoms with Crippen LogP contribution in [0.15, 0.2) is 58.5 Å². The first kappa shape index (κ1) is 15.5. The maximum atomic E-state index is 12.4. The van der Waals surface area contributed by atoms with Crippen molar-refractivity contribution in [2.24, 2.45) is 0 Å². The third kappa shape index (κ3) is 3.67. The van der Waals surface area contributed by atoms with Crippen LogP contribution in [0.4, 0.5) is 0 Å². The van der Waals surface area contributed by atoms with Gasteiger partial charge in [-0.15, -0.1) is 11.3 Å². The number of nitrogens with zero attached hydrogens (tertiary/aromatic N) is 1. The first-order chi connectivity index (χ1) is 11.3. The van der Waals surface area contributed by atoms with Gasteiger partial charge in [-0.05, 0) is 24.1 Å². The highest BCUT2D eigenvalue weighted by Gasteiger charge is 2.18. The molecular formula is C17H16N2O3S. The zero-order valence-electron chi connectivity index (χ0n) is 12.3. The van der Waals surface area contributed by atoms with Crippen molar-refractivity contribution in [1.82, 2.24) is 10.3 Å². The molecule has 0 aliphatic carbocycles. The Bertz CT molecular complexity index is 753. The Labute approximate surface area is 137 Å². The summed E-state index contributed by atoms with van der Waals surface area (Å²) in [6, 6.07) is 12.9. The third-order valence-corrected chi connectivity index (χ3v) is 4.25. The van der Waals surface area contributed by atoms with E-state index in [9.17, 15) is 9.90 Å². The third-order valence-electron chi connectivity index (χ3n) is 3.39. The van der Waals surface area contributed by atoms with E-state index in [-0.39, 0.29) is 18.6 Å². The molecule has 3 rings (SSSR count). The molecule has 0 aliphatic rings. The Morgan fingerprint density at radius 2 is 2.09 bits per heavy atom.